The lowest BCUT2D eigenvalue weighted by atomic mass is 9.92. The van der Waals surface area contributed by atoms with E-state index in [2.05, 4.69) is 18.3 Å². The second-order valence-corrected chi connectivity index (χ2v) is 7.97. The summed E-state index contributed by atoms with van der Waals surface area (Å²) in [5, 5.41) is 3.53. The molecule has 1 aromatic rings. The molecule has 0 amide bonds. The molecule has 5 heteroatoms. The van der Waals surface area contributed by atoms with Gasteiger partial charge in [-0.15, -0.1) is 0 Å². The van der Waals surface area contributed by atoms with E-state index in [1.165, 1.54) is 0 Å². The van der Waals surface area contributed by atoms with Gasteiger partial charge < -0.3 is 10.1 Å². The summed E-state index contributed by atoms with van der Waals surface area (Å²) in [7, 11) is -1.17. The Hall–Kier alpha value is -1.07. The van der Waals surface area contributed by atoms with E-state index < -0.39 is 9.84 Å². The van der Waals surface area contributed by atoms with Gasteiger partial charge in [-0.1, -0.05) is 25.1 Å². The quantitative estimate of drug-likeness (QED) is 0.837. The van der Waals surface area contributed by atoms with Gasteiger partial charge in [0.05, 0.1) is 18.6 Å². The van der Waals surface area contributed by atoms with Crippen molar-refractivity contribution in [2.75, 3.05) is 25.2 Å². The Labute approximate surface area is 127 Å². The molecule has 0 aromatic heterocycles. The van der Waals surface area contributed by atoms with Crippen LogP contribution in [0.15, 0.2) is 24.3 Å². The SMILES string of the molecule is CCCNC(Cc1ccccc1OC)C1CCS(=O)(=O)C1. The molecule has 2 rings (SSSR count). The molecule has 0 aliphatic carbocycles. The lowest BCUT2D eigenvalue weighted by molar-refractivity contribution is 0.367. The Morgan fingerprint density at radius 1 is 1.38 bits per heavy atom. The van der Waals surface area contributed by atoms with E-state index in [0.717, 1.165) is 37.1 Å². The lowest BCUT2D eigenvalue weighted by Gasteiger charge is -2.25. The number of benzene rings is 1. The number of sulfone groups is 1. The molecule has 0 spiro atoms. The van der Waals surface area contributed by atoms with Crippen molar-refractivity contribution in [3.63, 3.8) is 0 Å². The van der Waals surface area contributed by atoms with Crippen LogP contribution in [-0.4, -0.2) is 39.6 Å². The van der Waals surface area contributed by atoms with Crippen molar-refractivity contribution < 1.29 is 13.2 Å². The highest BCUT2D eigenvalue weighted by molar-refractivity contribution is 7.91. The van der Waals surface area contributed by atoms with Gasteiger partial charge >= 0.3 is 0 Å². The Morgan fingerprint density at radius 3 is 2.76 bits per heavy atom. The van der Waals surface area contributed by atoms with E-state index in [1.807, 2.05) is 18.2 Å². The van der Waals surface area contributed by atoms with Gasteiger partial charge in [0, 0.05) is 6.04 Å². The standard InChI is InChI=1S/C16H25NO3S/c1-3-9-17-15(14-8-10-21(18,19)12-14)11-13-6-4-5-7-16(13)20-2/h4-7,14-15,17H,3,8-12H2,1-2H3. The van der Waals surface area contributed by atoms with Crippen molar-refractivity contribution in [2.24, 2.45) is 5.92 Å². The van der Waals surface area contributed by atoms with Gasteiger partial charge in [0.25, 0.3) is 0 Å². The summed E-state index contributed by atoms with van der Waals surface area (Å²) in [6.07, 6.45) is 2.62. The molecule has 1 heterocycles. The van der Waals surface area contributed by atoms with Gasteiger partial charge in [-0.2, -0.15) is 0 Å². The number of ether oxygens (including phenoxy) is 1. The van der Waals surface area contributed by atoms with Gasteiger partial charge in [-0.05, 0) is 43.4 Å². The number of rotatable bonds is 7. The Morgan fingerprint density at radius 2 is 2.14 bits per heavy atom. The van der Waals surface area contributed by atoms with Crippen LogP contribution in [0.1, 0.15) is 25.3 Å². The normalized spacial score (nSPS) is 22.1. The zero-order chi connectivity index (χ0) is 15.3. The molecule has 0 bridgehead atoms. The fraction of sp³-hybridized carbons (Fsp3) is 0.625. The monoisotopic (exact) mass is 311 g/mol. The smallest absolute Gasteiger partial charge is 0.150 e. The van der Waals surface area contributed by atoms with Crippen LogP contribution < -0.4 is 10.1 Å². The molecule has 1 aromatic carbocycles. The summed E-state index contributed by atoms with van der Waals surface area (Å²) in [6, 6.07) is 8.16. The van der Waals surface area contributed by atoms with Crippen molar-refractivity contribution in [1.29, 1.82) is 0 Å². The van der Waals surface area contributed by atoms with Crippen LogP contribution in [0.5, 0.6) is 5.75 Å². The number of nitrogens with one attached hydrogen (secondary N) is 1. The summed E-state index contributed by atoms with van der Waals surface area (Å²) in [4.78, 5) is 0. The van der Waals surface area contributed by atoms with Gasteiger partial charge in [-0.25, -0.2) is 8.42 Å². The van der Waals surface area contributed by atoms with Crippen LogP contribution in [0.2, 0.25) is 0 Å². The number of hydrogen-bond acceptors (Lipinski definition) is 4. The molecule has 21 heavy (non-hydrogen) atoms. The molecular formula is C16H25NO3S. The molecule has 0 radical (unpaired) electrons. The first kappa shape index (κ1) is 16.3. The van der Waals surface area contributed by atoms with E-state index in [9.17, 15) is 8.42 Å². The molecule has 1 aliphatic rings. The molecule has 118 valence electrons. The topological polar surface area (TPSA) is 55.4 Å². The molecule has 1 aliphatic heterocycles. The van der Waals surface area contributed by atoms with Crippen LogP contribution in [0, 0.1) is 5.92 Å². The van der Waals surface area contributed by atoms with Crippen molar-refractivity contribution in [3.05, 3.63) is 29.8 Å². The Kier molecular flexibility index (Phi) is 5.65. The second kappa shape index (κ2) is 7.27. The summed E-state index contributed by atoms with van der Waals surface area (Å²) >= 11 is 0. The van der Waals surface area contributed by atoms with Crippen LogP contribution in [0.4, 0.5) is 0 Å². The van der Waals surface area contributed by atoms with Gasteiger partial charge in [0.2, 0.25) is 0 Å². The minimum atomic E-state index is -2.84. The van der Waals surface area contributed by atoms with Gasteiger partial charge in [-0.3, -0.25) is 0 Å². The van der Waals surface area contributed by atoms with Crippen LogP contribution in [0.25, 0.3) is 0 Å². The van der Waals surface area contributed by atoms with E-state index >= 15 is 0 Å². The molecule has 0 saturated carbocycles. The lowest BCUT2D eigenvalue weighted by Crippen LogP contribution is -2.39. The van der Waals surface area contributed by atoms with Crippen molar-refractivity contribution >= 4 is 9.84 Å². The van der Waals surface area contributed by atoms with Crippen LogP contribution in [0.3, 0.4) is 0 Å². The zero-order valence-electron chi connectivity index (χ0n) is 12.8. The van der Waals surface area contributed by atoms with Crippen LogP contribution >= 0.6 is 0 Å². The summed E-state index contributed by atoms with van der Waals surface area (Å²) in [5.74, 6) is 1.71. The highest BCUT2D eigenvalue weighted by Crippen LogP contribution is 2.27. The van der Waals surface area contributed by atoms with Crippen molar-refractivity contribution in [2.45, 2.75) is 32.2 Å². The highest BCUT2D eigenvalue weighted by atomic mass is 32.2. The average molecular weight is 311 g/mol. The van der Waals surface area contributed by atoms with Gasteiger partial charge in [0.15, 0.2) is 9.84 Å². The first-order chi connectivity index (χ1) is 10.1. The third-order valence-corrected chi connectivity index (χ3v) is 5.92. The van der Waals surface area contributed by atoms with E-state index in [4.69, 9.17) is 4.74 Å². The van der Waals surface area contributed by atoms with Crippen LogP contribution in [-0.2, 0) is 16.3 Å². The molecular weight excluding hydrogens is 286 g/mol. The fourth-order valence-electron chi connectivity index (χ4n) is 2.98. The molecule has 1 fully saturated rings. The summed E-state index contributed by atoms with van der Waals surface area (Å²) in [5.41, 5.74) is 1.14. The molecule has 2 atom stereocenters. The number of hydrogen-bond donors (Lipinski definition) is 1. The molecule has 4 nitrogen and oxygen atoms in total. The fourth-order valence-corrected chi connectivity index (χ4v) is 4.86. The number of para-hydroxylation sites is 1. The predicted octanol–water partition coefficient (Wildman–Crippen LogP) is 2.04. The first-order valence-corrected chi connectivity index (χ1v) is 9.43. The Bertz CT molecular complexity index is 556. The largest absolute Gasteiger partial charge is 0.496 e. The van der Waals surface area contributed by atoms with Gasteiger partial charge in [0.1, 0.15) is 5.75 Å². The predicted molar refractivity (Wildman–Crippen MR) is 85.5 cm³/mol. The number of methoxy groups -OCH3 is 1. The highest BCUT2D eigenvalue weighted by Gasteiger charge is 2.33. The van der Waals surface area contributed by atoms with Crippen molar-refractivity contribution in [1.82, 2.24) is 5.32 Å². The first-order valence-electron chi connectivity index (χ1n) is 7.61. The minimum absolute atomic E-state index is 0.193. The van der Waals surface area contributed by atoms with E-state index in [0.29, 0.717) is 11.5 Å². The third-order valence-electron chi connectivity index (χ3n) is 4.13. The Balaban J connectivity index is 2.13. The minimum Gasteiger partial charge on any atom is -0.496 e. The molecule has 1 N–H and O–H groups in total. The van der Waals surface area contributed by atoms with E-state index in [1.54, 1.807) is 7.11 Å². The average Bonchev–Trinajstić information content (AvgIpc) is 2.84. The maximum atomic E-state index is 11.7. The van der Waals surface area contributed by atoms with E-state index in [-0.39, 0.29) is 12.0 Å². The second-order valence-electron chi connectivity index (χ2n) is 5.74. The maximum Gasteiger partial charge on any atom is 0.150 e. The zero-order valence-corrected chi connectivity index (χ0v) is 13.7. The third kappa shape index (κ3) is 4.45. The summed E-state index contributed by atoms with van der Waals surface area (Å²) in [6.45, 7) is 3.04. The molecule has 1 saturated heterocycles. The van der Waals surface area contributed by atoms with Crippen molar-refractivity contribution in [3.8, 4) is 5.75 Å². The summed E-state index contributed by atoms with van der Waals surface area (Å²) < 4.78 is 28.9. The maximum absolute atomic E-state index is 11.7. The molecule has 2 unspecified atom stereocenters.